The number of carbonyl (C=O) groups is 1. The maximum atomic E-state index is 11.1. The SMILES string of the molecule is CCCCCC(O)CC[C@H]1C=C[C@H](O)[C@H]1CCCCC(=O)OC. The van der Waals surface area contributed by atoms with Gasteiger partial charge in [-0.1, -0.05) is 44.8 Å². The summed E-state index contributed by atoms with van der Waals surface area (Å²) in [5, 5.41) is 20.2. The van der Waals surface area contributed by atoms with Gasteiger partial charge in [-0.05, 0) is 43.9 Å². The highest BCUT2D eigenvalue weighted by molar-refractivity contribution is 5.68. The molecule has 1 aliphatic carbocycles. The second-order valence-corrected chi connectivity index (χ2v) is 6.75. The van der Waals surface area contributed by atoms with Gasteiger partial charge in [0.2, 0.25) is 0 Å². The molecule has 0 saturated heterocycles. The van der Waals surface area contributed by atoms with E-state index in [1.54, 1.807) is 0 Å². The molecule has 23 heavy (non-hydrogen) atoms. The van der Waals surface area contributed by atoms with E-state index in [1.165, 1.54) is 20.0 Å². The second-order valence-electron chi connectivity index (χ2n) is 6.75. The molecule has 1 unspecified atom stereocenters. The first-order chi connectivity index (χ1) is 11.1. The number of ether oxygens (including phenoxy) is 1. The van der Waals surface area contributed by atoms with Crippen molar-refractivity contribution in [3.05, 3.63) is 12.2 Å². The van der Waals surface area contributed by atoms with E-state index in [4.69, 9.17) is 0 Å². The highest BCUT2D eigenvalue weighted by Gasteiger charge is 2.29. The molecular formula is C19H34O4. The first-order valence-corrected chi connectivity index (χ1v) is 9.19. The molecule has 0 heterocycles. The van der Waals surface area contributed by atoms with Crippen LogP contribution in [0, 0.1) is 11.8 Å². The number of aliphatic hydroxyl groups is 2. The molecule has 0 spiro atoms. The van der Waals surface area contributed by atoms with Crippen molar-refractivity contribution in [3.8, 4) is 0 Å². The lowest BCUT2D eigenvalue weighted by molar-refractivity contribution is -0.140. The summed E-state index contributed by atoms with van der Waals surface area (Å²) in [6, 6.07) is 0. The largest absolute Gasteiger partial charge is 0.469 e. The molecule has 4 nitrogen and oxygen atoms in total. The first kappa shape index (κ1) is 20.2. The van der Waals surface area contributed by atoms with Gasteiger partial charge in [0.1, 0.15) is 0 Å². The Morgan fingerprint density at radius 3 is 2.61 bits per heavy atom. The van der Waals surface area contributed by atoms with Gasteiger partial charge in [0.25, 0.3) is 0 Å². The third-order valence-electron chi connectivity index (χ3n) is 4.91. The number of aliphatic hydroxyl groups excluding tert-OH is 2. The highest BCUT2D eigenvalue weighted by atomic mass is 16.5. The van der Waals surface area contributed by atoms with Crippen molar-refractivity contribution in [2.24, 2.45) is 11.8 Å². The zero-order chi connectivity index (χ0) is 17.1. The van der Waals surface area contributed by atoms with Crippen LogP contribution in [0.15, 0.2) is 12.2 Å². The van der Waals surface area contributed by atoms with Crippen LogP contribution < -0.4 is 0 Å². The normalized spacial score (nSPS) is 24.8. The zero-order valence-electron chi connectivity index (χ0n) is 14.7. The monoisotopic (exact) mass is 326 g/mol. The number of allylic oxidation sites excluding steroid dienone is 1. The summed E-state index contributed by atoms with van der Waals surface area (Å²) in [5.41, 5.74) is 0. The lowest BCUT2D eigenvalue weighted by Crippen LogP contribution is -2.21. The minimum absolute atomic E-state index is 0.165. The second kappa shape index (κ2) is 11.6. The lowest BCUT2D eigenvalue weighted by atomic mass is 9.85. The molecule has 0 bridgehead atoms. The number of esters is 1. The van der Waals surface area contributed by atoms with E-state index < -0.39 is 0 Å². The fourth-order valence-corrected chi connectivity index (χ4v) is 3.40. The molecular weight excluding hydrogens is 292 g/mol. The van der Waals surface area contributed by atoms with E-state index in [0.717, 1.165) is 44.9 Å². The quantitative estimate of drug-likeness (QED) is 0.327. The smallest absolute Gasteiger partial charge is 0.305 e. The van der Waals surface area contributed by atoms with Gasteiger partial charge in [0.05, 0.1) is 19.3 Å². The highest BCUT2D eigenvalue weighted by Crippen LogP contribution is 2.34. The van der Waals surface area contributed by atoms with E-state index >= 15 is 0 Å². The van der Waals surface area contributed by atoms with Gasteiger partial charge < -0.3 is 14.9 Å². The van der Waals surface area contributed by atoms with Crippen molar-refractivity contribution in [2.75, 3.05) is 7.11 Å². The van der Waals surface area contributed by atoms with Crippen molar-refractivity contribution in [3.63, 3.8) is 0 Å². The number of rotatable bonds is 12. The van der Waals surface area contributed by atoms with Crippen molar-refractivity contribution >= 4 is 5.97 Å². The van der Waals surface area contributed by atoms with Crippen LogP contribution in [0.2, 0.25) is 0 Å². The molecule has 4 heteroatoms. The van der Waals surface area contributed by atoms with Crippen molar-refractivity contribution < 1.29 is 19.7 Å². The van der Waals surface area contributed by atoms with Crippen molar-refractivity contribution in [1.29, 1.82) is 0 Å². The summed E-state index contributed by atoms with van der Waals surface area (Å²) in [7, 11) is 1.41. The van der Waals surface area contributed by atoms with Gasteiger partial charge in [0.15, 0.2) is 0 Å². The average Bonchev–Trinajstić information content (AvgIpc) is 2.89. The van der Waals surface area contributed by atoms with Crippen LogP contribution in [0.5, 0.6) is 0 Å². The number of hydrogen-bond acceptors (Lipinski definition) is 4. The zero-order valence-corrected chi connectivity index (χ0v) is 14.7. The number of carbonyl (C=O) groups excluding carboxylic acids is 1. The van der Waals surface area contributed by atoms with Crippen LogP contribution in [0.3, 0.4) is 0 Å². The number of methoxy groups -OCH3 is 1. The van der Waals surface area contributed by atoms with Gasteiger partial charge in [-0.2, -0.15) is 0 Å². The molecule has 0 aromatic rings. The van der Waals surface area contributed by atoms with Crippen LogP contribution in [0.25, 0.3) is 0 Å². The van der Waals surface area contributed by atoms with Crippen LogP contribution in [0.1, 0.15) is 71.1 Å². The molecule has 1 rings (SSSR count). The minimum atomic E-state index is -0.379. The Morgan fingerprint density at radius 2 is 1.91 bits per heavy atom. The average molecular weight is 326 g/mol. The van der Waals surface area contributed by atoms with Gasteiger partial charge >= 0.3 is 5.97 Å². The molecule has 2 N–H and O–H groups in total. The van der Waals surface area contributed by atoms with Crippen molar-refractivity contribution in [2.45, 2.75) is 83.3 Å². The maximum Gasteiger partial charge on any atom is 0.305 e. The van der Waals surface area contributed by atoms with Gasteiger partial charge in [0, 0.05) is 6.42 Å². The van der Waals surface area contributed by atoms with Crippen molar-refractivity contribution in [1.82, 2.24) is 0 Å². The van der Waals surface area contributed by atoms with E-state index in [9.17, 15) is 15.0 Å². The van der Waals surface area contributed by atoms with Gasteiger partial charge in [-0.25, -0.2) is 0 Å². The Hall–Kier alpha value is -0.870. The summed E-state index contributed by atoms with van der Waals surface area (Å²) in [6.45, 7) is 2.17. The summed E-state index contributed by atoms with van der Waals surface area (Å²) in [5.74, 6) is 0.418. The van der Waals surface area contributed by atoms with E-state index in [-0.39, 0.29) is 24.1 Å². The van der Waals surface area contributed by atoms with Gasteiger partial charge in [-0.15, -0.1) is 0 Å². The maximum absolute atomic E-state index is 11.1. The van der Waals surface area contributed by atoms with Crippen LogP contribution >= 0.6 is 0 Å². The molecule has 0 saturated carbocycles. The topological polar surface area (TPSA) is 66.8 Å². The molecule has 1 aliphatic rings. The number of hydrogen-bond donors (Lipinski definition) is 2. The summed E-state index contributed by atoms with van der Waals surface area (Å²) >= 11 is 0. The predicted octanol–water partition coefficient (Wildman–Crippen LogP) is 3.60. The molecule has 0 aromatic heterocycles. The molecule has 134 valence electrons. The van der Waals surface area contributed by atoms with Crippen LogP contribution in [-0.4, -0.2) is 35.5 Å². The Bertz CT molecular complexity index is 353. The Balaban J connectivity index is 2.25. The van der Waals surface area contributed by atoms with Crippen LogP contribution in [0.4, 0.5) is 0 Å². The molecule has 0 fully saturated rings. The first-order valence-electron chi connectivity index (χ1n) is 9.19. The number of unbranched alkanes of at least 4 members (excludes halogenated alkanes) is 3. The predicted molar refractivity (Wildman–Crippen MR) is 92.0 cm³/mol. The molecule has 0 aromatic carbocycles. The fourth-order valence-electron chi connectivity index (χ4n) is 3.40. The molecule has 0 amide bonds. The molecule has 0 aliphatic heterocycles. The molecule has 4 atom stereocenters. The summed E-state index contributed by atoms with van der Waals surface area (Å²) in [4.78, 5) is 11.1. The van der Waals surface area contributed by atoms with E-state index in [2.05, 4.69) is 17.7 Å². The van der Waals surface area contributed by atoms with Gasteiger partial charge in [-0.3, -0.25) is 4.79 Å². The molecule has 0 radical (unpaired) electrons. The third kappa shape index (κ3) is 7.98. The van der Waals surface area contributed by atoms with E-state index in [1.807, 2.05) is 6.08 Å². The minimum Gasteiger partial charge on any atom is -0.469 e. The Kier molecular flexibility index (Phi) is 10.2. The standard InChI is InChI=1S/C19H34O4/c1-3-4-5-8-16(20)13-11-15-12-14-18(21)17(15)9-6-7-10-19(22)23-2/h12,14-18,20-21H,3-11,13H2,1-2H3/t15-,16?,17-,18-/m0/s1. The van der Waals surface area contributed by atoms with Crippen LogP contribution in [-0.2, 0) is 9.53 Å². The fraction of sp³-hybridized carbons (Fsp3) is 0.842. The Morgan fingerprint density at radius 1 is 1.13 bits per heavy atom. The lowest BCUT2D eigenvalue weighted by Gasteiger charge is -2.23. The Labute approximate surface area is 140 Å². The van der Waals surface area contributed by atoms with E-state index in [0.29, 0.717) is 12.3 Å². The summed E-state index contributed by atoms with van der Waals surface area (Å²) < 4.78 is 4.64. The summed E-state index contributed by atoms with van der Waals surface area (Å²) in [6.07, 6.45) is 12.6. The third-order valence-corrected chi connectivity index (χ3v) is 4.91.